The molecule has 0 atom stereocenters. The van der Waals surface area contributed by atoms with Gasteiger partial charge in [-0.05, 0) is 37.3 Å². The van der Waals surface area contributed by atoms with Crippen LogP contribution in [-0.2, 0) is 10.0 Å². The van der Waals surface area contributed by atoms with Crippen LogP contribution in [0.3, 0.4) is 0 Å². The Hall–Kier alpha value is -1.70. The van der Waals surface area contributed by atoms with Crippen LogP contribution >= 0.6 is 11.3 Å². The van der Waals surface area contributed by atoms with Crippen molar-refractivity contribution in [2.24, 2.45) is 0 Å². The fraction of sp³-hybridized carbons (Fsp3) is 0.214. The quantitative estimate of drug-likeness (QED) is 0.940. The number of hydrogen-bond acceptors (Lipinski definition) is 4. The van der Waals surface area contributed by atoms with Crippen LogP contribution in [0.5, 0.6) is 0 Å². The summed E-state index contributed by atoms with van der Waals surface area (Å²) >= 11 is 1.39. The van der Waals surface area contributed by atoms with Crippen LogP contribution in [0.4, 0.5) is 5.69 Å². The molecule has 1 aromatic heterocycles. The maximum Gasteiger partial charge on any atom is 0.265 e. The number of sulfonamides is 1. The summed E-state index contributed by atoms with van der Waals surface area (Å²) in [5, 5.41) is 2.71. The van der Waals surface area contributed by atoms with Crippen molar-refractivity contribution in [2.45, 2.75) is 11.8 Å². The Bertz CT molecular complexity index is 764. The number of hydrogen-bond donors (Lipinski definition) is 1. The highest BCUT2D eigenvalue weighted by atomic mass is 32.2. The molecular formula is C14H16N2O3S2. The number of carbonyl (C=O) groups excluding carboxylic acids is 1. The van der Waals surface area contributed by atoms with E-state index in [-0.39, 0.29) is 10.8 Å². The second kappa shape index (κ2) is 5.97. The van der Waals surface area contributed by atoms with Crippen LogP contribution in [0.1, 0.15) is 14.5 Å². The summed E-state index contributed by atoms with van der Waals surface area (Å²) in [5.74, 6) is -0.243. The Morgan fingerprint density at radius 3 is 2.48 bits per heavy atom. The highest BCUT2D eigenvalue weighted by Gasteiger charge is 2.18. The topological polar surface area (TPSA) is 66.5 Å². The summed E-state index contributed by atoms with van der Waals surface area (Å²) < 4.78 is 25.3. The Labute approximate surface area is 128 Å². The molecule has 21 heavy (non-hydrogen) atoms. The summed E-state index contributed by atoms with van der Waals surface area (Å²) in [6.07, 6.45) is 0. The van der Waals surface area contributed by atoms with E-state index in [0.717, 1.165) is 9.18 Å². The van der Waals surface area contributed by atoms with Crippen molar-refractivity contribution in [2.75, 3.05) is 19.4 Å². The molecule has 7 heteroatoms. The molecule has 0 aliphatic heterocycles. The van der Waals surface area contributed by atoms with Crippen molar-refractivity contribution in [3.8, 4) is 0 Å². The second-order valence-corrected chi connectivity index (χ2v) is 8.12. The molecule has 0 bridgehead atoms. The average molecular weight is 324 g/mol. The predicted octanol–water partition coefficient (Wildman–Crippen LogP) is 2.56. The predicted molar refractivity (Wildman–Crippen MR) is 84.3 cm³/mol. The number of anilines is 1. The molecule has 2 rings (SSSR count). The summed E-state index contributed by atoms with van der Waals surface area (Å²) in [4.78, 5) is 13.8. The van der Waals surface area contributed by atoms with E-state index in [9.17, 15) is 13.2 Å². The van der Waals surface area contributed by atoms with E-state index < -0.39 is 10.0 Å². The van der Waals surface area contributed by atoms with Crippen molar-refractivity contribution in [1.29, 1.82) is 0 Å². The standard InChI is InChI=1S/C14H16N2O3S2/c1-10-7-8-13(20-10)14(17)15-11-5-4-6-12(9-11)21(18,19)16(2)3/h4-9H,1-3H3,(H,15,17). The van der Waals surface area contributed by atoms with Crippen LogP contribution in [0, 0.1) is 6.92 Å². The molecule has 0 saturated heterocycles. The molecule has 0 saturated carbocycles. The van der Waals surface area contributed by atoms with E-state index in [4.69, 9.17) is 0 Å². The average Bonchev–Trinajstić information content (AvgIpc) is 2.85. The Morgan fingerprint density at radius 1 is 1.19 bits per heavy atom. The first-order valence-corrected chi connectivity index (χ1v) is 8.47. The lowest BCUT2D eigenvalue weighted by molar-refractivity contribution is 0.103. The van der Waals surface area contributed by atoms with Gasteiger partial charge in [-0.3, -0.25) is 4.79 Å². The molecule has 0 aliphatic rings. The SMILES string of the molecule is Cc1ccc(C(=O)Nc2cccc(S(=O)(=O)N(C)C)c2)s1. The summed E-state index contributed by atoms with van der Waals surface area (Å²) in [6.45, 7) is 1.92. The van der Waals surface area contributed by atoms with Crippen LogP contribution in [0.25, 0.3) is 0 Å². The zero-order valence-corrected chi connectivity index (χ0v) is 13.6. The van der Waals surface area contributed by atoms with Gasteiger partial charge in [-0.1, -0.05) is 6.07 Å². The molecule has 1 amide bonds. The van der Waals surface area contributed by atoms with E-state index in [0.29, 0.717) is 10.6 Å². The lowest BCUT2D eigenvalue weighted by Crippen LogP contribution is -2.22. The van der Waals surface area contributed by atoms with Crippen LogP contribution in [-0.4, -0.2) is 32.7 Å². The summed E-state index contributed by atoms with van der Waals surface area (Å²) in [6, 6.07) is 9.83. The molecule has 1 heterocycles. The van der Waals surface area contributed by atoms with E-state index in [1.165, 1.54) is 37.6 Å². The molecule has 0 unspecified atom stereocenters. The lowest BCUT2D eigenvalue weighted by atomic mass is 10.3. The molecule has 0 radical (unpaired) electrons. The van der Waals surface area contributed by atoms with E-state index in [1.807, 2.05) is 13.0 Å². The number of aryl methyl sites for hydroxylation is 1. The number of nitrogens with zero attached hydrogens (tertiary/aromatic N) is 1. The highest BCUT2D eigenvalue weighted by Crippen LogP contribution is 2.20. The van der Waals surface area contributed by atoms with Crippen molar-refractivity contribution in [3.63, 3.8) is 0 Å². The molecule has 5 nitrogen and oxygen atoms in total. The number of benzene rings is 1. The molecule has 0 fully saturated rings. The third-order valence-electron chi connectivity index (χ3n) is 2.83. The highest BCUT2D eigenvalue weighted by molar-refractivity contribution is 7.89. The first-order chi connectivity index (χ1) is 9.80. The molecule has 112 valence electrons. The zero-order chi connectivity index (χ0) is 15.6. The van der Waals surface area contributed by atoms with Crippen LogP contribution in [0.2, 0.25) is 0 Å². The fourth-order valence-corrected chi connectivity index (χ4v) is 3.41. The summed E-state index contributed by atoms with van der Waals surface area (Å²) in [7, 11) is -0.577. The van der Waals surface area contributed by atoms with Gasteiger partial charge in [0, 0.05) is 24.7 Å². The van der Waals surface area contributed by atoms with Gasteiger partial charge in [0.15, 0.2) is 0 Å². The van der Waals surface area contributed by atoms with E-state index in [2.05, 4.69) is 5.32 Å². The molecular weight excluding hydrogens is 308 g/mol. The third kappa shape index (κ3) is 3.49. The molecule has 0 spiro atoms. The van der Waals surface area contributed by atoms with Gasteiger partial charge in [-0.15, -0.1) is 11.3 Å². The molecule has 1 aromatic carbocycles. The normalized spacial score (nSPS) is 11.6. The van der Waals surface area contributed by atoms with Crippen molar-refractivity contribution >= 4 is 33.0 Å². The maximum atomic E-state index is 12.1. The number of amides is 1. The summed E-state index contributed by atoms with van der Waals surface area (Å²) in [5.41, 5.74) is 0.453. The smallest absolute Gasteiger partial charge is 0.265 e. The number of rotatable bonds is 4. The number of carbonyl (C=O) groups is 1. The van der Waals surface area contributed by atoms with Crippen LogP contribution in [0.15, 0.2) is 41.3 Å². The lowest BCUT2D eigenvalue weighted by Gasteiger charge is -2.12. The Balaban J connectivity index is 2.25. The van der Waals surface area contributed by atoms with Gasteiger partial charge in [-0.25, -0.2) is 12.7 Å². The van der Waals surface area contributed by atoms with Gasteiger partial charge >= 0.3 is 0 Å². The number of nitrogens with one attached hydrogen (secondary N) is 1. The van der Waals surface area contributed by atoms with Crippen LogP contribution < -0.4 is 5.32 Å². The van der Waals surface area contributed by atoms with Gasteiger partial charge in [0.05, 0.1) is 9.77 Å². The van der Waals surface area contributed by atoms with Gasteiger partial charge in [-0.2, -0.15) is 0 Å². The monoisotopic (exact) mass is 324 g/mol. The zero-order valence-electron chi connectivity index (χ0n) is 12.0. The van der Waals surface area contributed by atoms with Gasteiger partial charge in [0.1, 0.15) is 0 Å². The Kier molecular flexibility index (Phi) is 4.46. The van der Waals surface area contributed by atoms with Gasteiger partial charge in [0.25, 0.3) is 5.91 Å². The molecule has 0 aliphatic carbocycles. The van der Waals surface area contributed by atoms with Crippen molar-refractivity contribution in [1.82, 2.24) is 4.31 Å². The van der Waals surface area contributed by atoms with Crippen molar-refractivity contribution < 1.29 is 13.2 Å². The minimum atomic E-state index is -3.51. The first-order valence-electron chi connectivity index (χ1n) is 6.21. The fourth-order valence-electron chi connectivity index (χ4n) is 1.69. The Morgan fingerprint density at radius 2 is 1.90 bits per heavy atom. The second-order valence-electron chi connectivity index (χ2n) is 4.68. The van der Waals surface area contributed by atoms with E-state index >= 15 is 0 Å². The van der Waals surface area contributed by atoms with E-state index in [1.54, 1.807) is 18.2 Å². The largest absolute Gasteiger partial charge is 0.321 e. The molecule has 1 N–H and O–H groups in total. The third-order valence-corrected chi connectivity index (χ3v) is 5.65. The van der Waals surface area contributed by atoms with Gasteiger partial charge < -0.3 is 5.32 Å². The van der Waals surface area contributed by atoms with Gasteiger partial charge in [0.2, 0.25) is 10.0 Å². The minimum Gasteiger partial charge on any atom is -0.321 e. The van der Waals surface area contributed by atoms with Crippen molar-refractivity contribution in [3.05, 3.63) is 46.2 Å². The molecule has 2 aromatic rings. The first kappa shape index (κ1) is 15.7. The maximum absolute atomic E-state index is 12.1. The minimum absolute atomic E-state index is 0.146. The number of thiophene rings is 1.